The number of anilines is 1. The Morgan fingerprint density at radius 3 is 2.79 bits per heavy atom. The average molecular weight is 418 g/mol. The third-order valence-electron chi connectivity index (χ3n) is 4.00. The Bertz CT molecular complexity index is 1020. The number of hydrogen-bond donors (Lipinski definition) is 1. The average Bonchev–Trinajstić information content (AvgIpc) is 2.99. The zero-order valence-corrected chi connectivity index (χ0v) is 17.3. The largest absolute Gasteiger partial charge is 0.495 e. The molecule has 3 aromatic rings. The molecule has 0 aliphatic carbocycles. The molecule has 2 heterocycles. The van der Waals surface area contributed by atoms with Gasteiger partial charge in [0.05, 0.1) is 18.6 Å². The molecule has 0 aliphatic rings. The summed E-state index contributed by atoms with van der Waals surface area (Å²) in [6.07, 6.45) is 1.49. The van der Waals surface area contributed by atoms with Crippen LogP contribution >= 0.6 is 23.1 Å². The number of rotatable bonds is 7. The van der Waals surface area contributed by atoms with Crippen molar-refractivity contribution in [2.24, 2.45) is 0 Å². The van der Waals surface area contributed by atoms with Crippen LogP contribution in [-0.4, -0.2) is 41.3 Å². The molecule has 0 saturated carbocycles. The van der Waals surface area contributed by atoms with Crippen LogP contribution in [0.5, 0.6) is 5.75 Å². The Morgan fingerprint density at radius 2 is 2.00 bits per heavy atom. The molecular formula is C19H19N3O4S2. The minimum absolute atomic E-state index is 0.0579. The first-order valence-corrected chi connectivity index (χ1v) is 10.2. The number of esters is 1. The summed E-state index contributed by atoms with van der Waals surface area (Å²) in [5.74, 6) is -0.331. The smallest absolute Gasteiger partial charge is 0.316 e. The second kappa shape index (κ2) is 9.03. The SMILES string of the molecule is COc1ccccc1NC(=O)COC(=O)CSc1ncnc2sc(C)c(C)c12. The van der Waals surface area contributed by atoms with Gasteiger partial charge in [-0.3, -0.25) is 9.59 Å². The zero-order valence-electron chi connectivity index (χ0n) is 15.6. The number of fused-ring (bicyclic) bond motifs is 1. The standard InChI is InChI=1S/C19H19N3O4S2/c1-11-12(2)28-19-17(11)18(20-10-21-19)27-9-16(24)26-8-15(23)22-13-6-4-5-7-14(13)25-3/h4-7,10H,8-9H2,1-3H3,(H,22,23). The highest BCUT2D eigenvalue weighted by Crippen LogP contribution is 2.34. The summed E-state index contributed by atoms with van der Waals surface area (Å²) >= 11 is 2.88. The fraction of sp³-hybridized carbons (Fsp3) is 0.263. The van der Waals surface area contributed by atoms with Gasteiger partial charge in [-0.1, -0.05) is 23.9 Å². The molecule has 0 atom stereocenters. The van der Waals surface area contributed by atoms with Crippen molar-refractivity contribution >= 4 is 50.9 Å². The van der Waals surface area contributed by atoms with E-state index in [9.17, 15) is 9.59 Å². The first kappa shape index (κ1) is 20.1. The Hall–Kier alpha value is -2.65. The number of ether oxygens (including phenoxy) is 2. The van der Waals surface area contributed by atoms with Crippen molar-refractivity contribution in [1.29, 1.82) is 0 Å². The van der Waals surface area contributed by atoms with Gasteiger partial charge in [-0.15, -0.1) is 11.3 Å². The number of nitrogens with one attached hydrogen (secondary N) is 1. The molecule has 7 nitrogen and oxygen atoms in total. The van der Waals surface area contributed by atoms with Crippen LogP contribution in [0.25, 0.3) is 10.2 Å². The maximum atomic E-state index is 12.0. The lowest BCUT2D eigenvalue weighted by molar-refractivity contribution is -0.144. The highest BCUT2D eigenvalue weighted by Gasteiger charge is 2.15. The molecule has 0 aliphatic heterocycles. The maximum absolute atomic E-state index is 12.0. The number of para-hydroxylation sites is 2. The van der Waals surface area contributed by atoms with E-state index in [1.54, 1.807) is 35.6 Å². The molecule has 1 amide bonds. The normalized spacial score (nSPS) is 10.7. The highest BCUT2D eigenvalue weighted by molar-refractivity contribution is 8.00. The van der Waals surface area contributed by atoms with Crippen molar-refractivity contribution in [1.82, 2.24) is 9.97 Å². The molecule has 1 N–H and O–H groups in total. The predicted molar refractivity (Wildman–Crippen MR) is 110 cm³/mol. The van der Waals surface area contributed by atoms with Gasteiger partial charge in [-0.25, -0.2) is 9.97 Å². The van der Waals surface area contributed by atoms with Crippen molar-refractivity contribution in [3.63, 3.8) is 0 Å². The first-order valence-electron chi connectivity index (χ1n) is 8.41. The van der Waals surface area contributed by atoms with Gasteiger partial charge >= 0.3 is 5.97 Å². The fourth-order valence-electron chi connectivity index (χ4n) is 2.51. The van der Waals surface area contributed by atoms with Gasteiger partial charge in [-0.2, -0.15) is 0 Å². The van der Waals surface area contributed by atoms with Crippen molar-refractivity contribution in [2.75, 3.05) is 24.8 Å². The second-order valence-corrected chi connectivity index (χ2v) is 8.01. The van der Waals surface area contributed by atoms with E-state index in [4.69, 9.17) is 9.47 Å². The van der Waals surface area contributed by atoms with E-state index in [1.165, 1.54) is 30.1 Å². The van der Waals surface area contributed by atoms with Gasteiger partial charge in [0.1, 0.15) is 21.9 Å². The van der Waals surface area contributed by atoms with Gasteiger partial charge in [0, 0.05) is 10.3 Å². The zero-order chi connectivity index (χ0) is 20.1. The lowest BCUT2D eigenvalue weighted by Crippen LogP contribution is -2.21. The van der Waals surface area contributed by atoms with Crippen LogP contribution in [0, 0.1) is 13.8 Å². The number of hydrogen-bond acceptors (Lipinski definition) is 8. The monoisotopic (exact) mass is 417 g/mol. The van der Waals surface area contributed by atoms with E-state index >= 15 is 0 Å². The quantitative estimate of drug-likeness (QED) is 0.357. The second-order valence-electron chi connectivity index (χ2n) is 5.84. The number of nitrogens with zero attached hydrogens (tertiary/aromatic N) is 2. The van der Waals surface area contributed by atoms with Crippen molar-refractivity contribution in [3.05, 3.63) is 41.0 Å². The number of aromatic nitrogens is 2. The van der Waals surface area contributed by atoms with Gasteiger partial charge in [0.25, 0.3) is 5.91 Å². The minimum atomic E-state index is -0.489. The molecule has 0 unspecified atom stereocenters. The van der Waals surface area contributed by atoms with Gasteiger partial charge in [0.15, 0.2) is 6.61 Å². The van der Waals surface area contributed by atoms with Crippen molar-refractivity contribution < 1.29 is 19.1 Å². The van der Waals surface area contributed by atoms with Crippen molar-refractivity contribution in [3.8, 4) is 5.75 Å². The third-order valence-corrected chi connectivity index (χ3v) is 6.08. The summed E-state index contributed by atoms with van der Waals surface area (Å²) in [5, 5.41) is 4.37. The number of benzene rings is 1. The van der Waals surface area contributed by atoms with E-state index in [2.05, 4.69) is 15.3 Å². The molecule has 0 spiro atoms. The molecule has 0 radical (unpaired) electrons. The van der Waals surface area contributed by atoms with Crippen LogP contribution < -0.4 is 10.1 Å². The summed E-state index contributed by atoms with van der Waals surface area (Å²) in [7, 11) is 1.52. The number of aryl methyl sites for hydroxylation is 2. The molecule has 28 heavy (non-hydrogen) atoms. The van der Waals surface area contributed by atoms with Crippen LogP contribution in [0.2, 0.25) is 0 Å². The topological polar surface area (TPSA) is 90.4 Å². The lowest BCUT2D eigenvalue weighted by atomic mass is 10.2. The number of methoxy groups -OCH3 is 1. The van der Waals surface area contributed by atoms with E-state index in [0.717, 1.165) is 20.8 Å². The van der Waals surface area contributed by atoms with E-state index in [-0.39, 0.29) is 12.4 Å². The molecule has 0 fully saturated rings. The first-order chi connectivity index (χ1) is 13.5. The maximum Gasteiger partial charge on any atom is 0.316 e. The minimum Gasteiger partial charge on any atom is -0.495 e. The number of amides is 1. The molecule has 146 valence electrons. The molecule has 9 heteroatoms. The Kier molecular flexibility index (Phi) is 6.48. The summed E-state index contributed by atoms with van der Waals surface area (Å²) in [5.41, 5.74) is 1.64. The lowest BCUT2D eigenvalue weighted by Gasteiger charge is -2.10. The molecule has 2 aromatic heterocycles. The van der Waals surface area contributed by atoms with Crippen molar-refractivity contribution in [2.45, 2.75) is 18.9 Å². The fourth-order valence-corrected chi connectivity index (χ4v) is 4.42. The summed E-state index contributed by atoms with van der Waals surface area (Å²) < 4.78 is 10.2. The predicted octanol–water partition coefficient (Wildman–Crippen LogP) is 3.59. The third kappa shape index (κ3) is 4.60. The van der Waals surface area contributed by atoms with Crippen LogP contribution in [0.3, 0.4) is 0 Å². The number of thiophene rings is 1. The summed E-state index contributed by atoms with van der Waals surface area (Å²) in [6, 6.07) is 7.01. The van der Waals surface area contributed by atoms with Gasteiger partial charge < -0.3 is 14.8 Å². The van der Waals surface area contributed by atoms with Crippen LogP contribution in [0.1, 0.15) is 10.4 Å². The Balaban J connectivity index is 1.53. The summed E-state index contributed by atoms with van der Waals surface area (Å²) in [4.78, 5) is 34.7. The highest BCUT2D eigenvalue weighted by atomic mass is 32.2. The molecular weight excluding hydrogens is 398 g/mol. The molecule has 0 saturated heterocycles. The number of thioether (sulfide) groups is 1. The van der Waals surface area contributed by atoms with E-state index in [0.29, 0.717) is 11.4 Å². The number of carbonyl (C=O) groups excluding carboxylic acids is 2. The van der Waals surface area contributed by atoms with E-state index < -0.39 is 11.9 Å². The van der Waals surface area contributed by atoms with Gasteiger partial charge in [0.2, 0.25) is 0 Å². The Labute approximate surface area is 170 Å². The summed E-state index contributed by atoms with van der Waals surface area (Å²) in [6.45, 7) is 3.68. The number of carbonyl (C=O) groups is 2. The molecule has 3 rings (SSSR count). The molecule has 0 bridgehead atoms. The van der Waals surface area contributed by atoms with Crippen LogP contribution in [0.4, 0.5) is 5.69 Å². The van der Waals surface area contributed by atoms with Crippen LogP contribution in [-0.2, 0) is 14.3 Å². The van der Waals surface area contributed by atoms with Crippen LogP contribution in [0.15, 0.2) is 35.6 Å². The Morgan fingerprint density at radius 1 is 1.21 bits per heavy atom. The van der Waals surface area contributed by atoms with Gasteiger partial charge in [-0.05, 0) is 31.5 Å². The molecule has 1 aromatic carbocycles. The van der Waals surface area contributed by atoms with E-state index in [1.807, 2.05) is 13.8 Å².